The van der Waals surface area contributed by atoms with E-state index in [0.717, 1.165) is 31.2 Å². The van der Waals surface area contributed by atoms with Gasteiger partial charge in [-0.1, -0.05) is 24.1 Å². The van der Waals surface area contributed by atoms with Crippen molar-refractivity contribution in [1.82, 2.24) is 0 Å². The lowest BCUT2D eigenvalue weighted by atomic mass is 9.94. The van der Waals surface area contributed by atoms with Crippen molar-refractivity contribution in [3.05, 3.63) is 29.8 Å². The Hall–Kier alpha value is -0.950. The van der Waals surface area contributed by atoms with Crippen molar-refractivity contribution < 1.29 is 22.1 Å². The van der Waals surface area contributed by atoms with Crippen molar-refractivity contribution in [2.45, 2.75) is 62.2 Å². The Bertz CT molecular complexity index is 646. The monoisotopic (exact) mass is 340 g/mol. The number of ether oxygens (including phenoxy) is 2. The van der Waals surface area contributed by atoms with Crippen molar-refractivity contribution in [3.63, 3.8) is 0 Å². The van der Waals surface area contributed by atoms with E-state index in [1.807, 2.05) is 13.8 Å². The molecule has 1 aromatic rings. The summed E-state index contributed by atoms with van der Waals surface area (Å²) >= 11 is 0. The summed E-state index contributed by atoms with van der Waals surface area (Å²) in [5.41, 5.74) is 0.275. The summed E-state index contributed by atoms with van der Waals surface area (Å²) < 4.78 is 41.8. The van der Waals surface area contributed by atoms with Crippen LogP contribution >= 0.6 is 0 Å². The zero-order valence-corrected chi connectivity index (χ0v) is 14.5. The maximum Gasteiger partial charge on any atom is 0.297 e. The molecule has 6 heteroatoms. The summed E-state index contributed by atoms with van der Waals surface area (Å²) in [5, 5.41) is 0. The highest BCUT2D eigenvalue weighted by Crippen LogP contribution is 2.41. The van der Waals surface area contributed by atoms with Gasteiger partial charge in [0, 0.05) is 12.8 Å². The Morgan fingerprint density at radius 1 is 1.13 bits per heavy atom. The number of hydrogen-bond acceptors (Lipinski definition) is 5. The molecule has 1 saturated heterocycles. The van der Waals surface area contributed by atoms with Gasteiger partial charge in [0.1, 0.15) is 5.60 Å². The maximum atomic E-state index is 12.3. The van der Waals surface area contributed by atoms with Crippen LogP contribution in [0.3, 0.4) is 0 Å². The van der Waals surface area contributed by atoms with Crippen molar-refractivity contribution >= 4 is 10.1 Å². The highest BCUT2D eigenvalue weighted by atomic mass is 32.2. The fourth-order valence-corrected chi connectivity index (χ4v) is 4.19. The van der Waals surface area contributed by atoms with E-state index in [-0.39, 0.29) is 11.5 Å². The van der Waals surface area contributed by atoms with E-state index in [4.69, 9.17) is 13.7 Å². The van der Waals surface area contributed by atoms with Crippen LogP contribution in [0, 0.1) is 6.92 Å². The van der Waals surface area contributed by atoms with Crippen molar-refractivity contribution in [3.8, 4) is 0 Å². The first-order valence-electron chi connectivity index (χ1n) is 8.13. The maximum absolute atomic E-state index is 12.3. The van der Waals surface area contributed by atoms with Crippen LogP contribution in [0.15, 0.2) is 29.2 Å². The third-order valence-corrected chi connectivity index (χ3v) is 5.80. The summed E-state index contributed by atoms with van der Waals surface area (Å²) in [6.45, 7) is 4.08. The molecule has 0 amide bonds. The molecule has 2 aliphatic rings. The largest absolute Gasteiger partial charge is 0.347 e. The number of benzene rings is 1. The average molecular weight is 340 g/mol. The number of hydrogen-bond donors (Lipinski definition) is 0. The van der Waals surface area contributed by atoms with Crippen LogP contribution in [-0.4, -0.2) is 33.0 Å². The van der Waals surface area contributed by atoms with Gasteiger partial charge >= 0.3 is 0 Å². The molecule has 1 aliphatic heterocycles. The first-order valence-corrected chi connectivity index (χ1v) is 9.54. The third-order valence-electron chi connectivity index (χ3n) is 4.52. The zero-order valence-electron chi connectivity index (χ0n) is 13.7. The highest BCUT2D eigenvalue weighted by molar-refractivity contribution is 7.86. The van der Waals surface area contributed by atoms with E-state index < -0.39 is 21.5 Å². The molecular weight excluding hydrogens is 316 g/mol. The quantitative estimate of drug-likeness (QED) is 0.788. The van der Waals surface area contributed by atoms with Gasteiger partial charge in [-0.2, -0.15) is 8.42 Å². The molecule has 1 atom stereocenters. The topological polar surface area (TPSA) is 61.8 Å². The van der Waals surface area contributed by atoms with Gasteiger partial charge in [-0.3, -0.25) is 4.18 Å². The molecule has 0 aromatic heterocycles. The third kappa shape index (κ3) is 3.76. The Morgan fingerprint density at radius 3 is 2.43 bits per heavy atom. The van der Waals surface area contributed by atoms with Gasteiger partial charge in [-0.25, -0.2) is 0 Å². The molecule has 23 heavy (non-hydrogen) atoms. The number of aryl methyl sites for hydroxylation is 1. The van der Waals surface area contributed by atoms with Crippen molar-refractivity contribution in [2.75, 3.05) is 13.2 Å². The van der Waals surface area contributed by atoms with Crippen LogP contribution in [0.1, 0.15) is 44.6 Å². The lowest BCUT2D eigenvalue weighted by Gasteiger charge is -2.33. The van der Waals surface area contributed by atoms with Crippen LogP contribution in [-0.2, 0) is 23.8 Å². The minimum absolute atomic E-state index is 0.0367. The minimum Gasteiger partial charge on any atom is -0.347 e. The average Bonchev–Trinajstić information content (AvgIpc) is 2.84. The molecule has 0 bridgehead atoms. The van der Waals surface area contributed by atoms with Gasteiger partial charge in [0.2, 0.25) is 0 Å². The smallest absolute Gasteiger partial charge is 0.297 e. The molecule has 1 saturated carbocycles. The summed E-state index contributed by atoms with van der Waals surface area (Å²) in [7, 11) is -3.78. The van der Waals surface area contributed by atoms with Crippen LogP contribution in [0.4, 0.5) is 0 Å². The van der Waals surface area contributed by atoms with Gasteiger partial charge in [-0.15, -0.1) is 0 Å². The molecule has 1 spiro atoms. The Morgan fingerprint density at radius 2 is 1.78 bits per heavy atom. The van der Waals surface area contributed by atoms with Gasteiger partial charge in [-0.05, 0) is 38.8 Å². The van der Waals surface area contributed by atoms with Gasteiger partial charge in [0.15, 0.2) is 5.79 Å². The Kier molecular flexibility index (Phi) is 4.53. The van der Waals surface area contributed by atoms with E-state index in [1.54, 1.807) is 24.3 Å². The van der Waals surface area contributed by atoms with Crippen molar-refractivity contribution in [2.24, 2.45) is 0 Å². The molecule has 1 aliphatic carbocycles. The first kappa shape index (κ1) is 16.9. The van der Waals surface area contributed by atoms with Crippen molar-refractivity contribution in [1.29, 1.82) is 0 Å². The van der Waals surface area contributed by atoms with Crippen LogP contribution in [0.2, 0.25) is 0 Å². The summed E-state index contributed by atoms with van der Waals surface area (Å²) in [6.07, 6.45) is 5.10. The molecule has 128 valence electrons. The lowest BCUT2D eigenvalue weighted by molar-refractivity contribution is -0.205. The van der Waals surface area contributed by atoms with Gasteiger partial charge < -0.3 is 9.47 Å². The fourth-order valence-electron chi connectivity index (χ4n) is 3.18. The second-order valence-corrected chi connectivity index (χ2v) is 8.46. The van der Waals surface area contributed by atoms with Crippen LogP contribution in [0.25, 0.3) is 0 Å². The van der Waals surface area contributed by atoms with Crippen LogP contribution < -0.4 is 0 Å². The molecule has 1 unspecified atom stereocenters. The fraction of sp³-hybridized carbons (Fsp3) is 0.647. The Balaban J connectivity index is 1.64. The summed E-state index contributed by atoms with van der Waals surface area (Å²) in [5.74, 6) is -0.538. The molecule has 1 heterocycles. The number of rotatable bonds is 4. The molecule has 5 nitrogen and oxygen atoms in total. The second kappa shape index (κ2) is 6.16. The van der Waals surface area contributed by atoms with Gasteiger partial charge in [0.05, 0.1) is 18.1 Å². The molecule has 3 rings (SSSR count). The molecule has 0 radical (unpaired) electrons. The molecule has 1 aromatic carbocycles. The van der Waals surface area contributed by atoms with E-state index in [0.29, 0.717) is 6.61 Å². The lowest BCUT2D eigenvalue weighted by Crippen LogP contribution is -2.39. The predicted octanol–water partition coefficient (Wildman–Crippen LogP) is 3.17. The second-order valence-electron chi connectivity index (χ2n) is 6.84. The Labute approximate surface area is 138 Å². The molecule has 2 fully saturated rings. The summed E-state index contributed by atoms with van der Waals surface area (Å²) in [6, 6.07) is 6.62. The SMILES string of the molecule is Cc1ccc(S(=O)(=O)OCC2(C)COC3(CCCCC3)O2)cc1. The van der Waals surface area contributed by atoms with E-state index in [9.17, 15) is 8.42 Å². The summed E-state index contributed by atoms with van der Waals surface area (Å²) in [4.78, 5) is 0.165. The zero-order chi connectivity index (χ0) is 16.6. The van der Waals surface area contributed by atoms with Crippen LogP contribution in [0.5, 0.6) is 0 Å². The normalized spacial score (nSPS) is 27.4. The van der Waals surface area contributed by atoms with E-state index >= 15 is 0 Å². The van der Waals surface area contributed by atoms with E-state index in [1.165, 1.54) is 6.42 Å². The minimum atomic E-state index is -3.78. The first-order chi connectivity index (χ1) is 10.8. The van der Waals surface area contributed by atoms with Gasteiger partial charge in [0.25, 0.3) is 10.1 Å². The predicted molar refractivity (Wildman–Crippen MR) is 85.6 cm³/mol. The molecular formula is C17H24O5S. The molecule has 0 N–H and O–H groups in total. The standard InChI is InChI=1S/C17H24O5S/c1-14-6-8-15(9-7-14)23(18,19)21-13-16(2)12-20-17(22-16)10-4-3-5-11-17/h6-9H,3-5,10-13H2,1-2H3. The highest BCUT2D eigenvalue weighted by Gasteiger charge is 2.49. The van der Waals surface area contributed by atoms with E-state index in [2.05, 4.69) is 0 Å².